The van der Waals surface area contributed by atoms with Crippen LogP contribution in [0, 0.1) is 12.8 Å². The maximum Gasteiger partial charge on any atom is 0.326 e. The molecule has 0 unspecified atom stereocenters. The van der Waals surface area contributed by atoms with E-state index in [2.05, 4.69) is 10.3 Å². The number of hydrogen-bond donors (Lipinski definition) is 2. The van der Waals surface area contributed by atoms with Gasteiger partial charge in [-0.25, -0.2) is 4.79 Å². The Hall–Kier alpha value is -1.91. The number of amides is 1. The zero-order valence-corrected chi connectivity index (χ0v) is 10.1. The molecular weight excluding hydrogens is 220 g/mol. The third-order valence-corrected chi connectivity index (χ3v) is 2.47. The summed E-state index contributed by atoms with van der Waals surface area (Å²) in [6.07, 6.45) is 1.59. The van der Waals surface area contributed by atoms with Gasteiger partial charge in [-0.2, -0.15) is 0 Å². The van der Waals surface area contributed by atoms with Crippen molar-refractivity contribution in [3.63, 3.8) is 0 Å². The smallest absolute Gasteiger partial charge is 0.326 e. The fourth-order valence-corrected chi connectivity index (χ4v) is 1.46. The first-order chi connectivity index (χ1) is 7.93. The van der Waals surface area contributed by atoms with Crippen LogP contribution < -0.4 is 5.32 Å². The highest BCUT2D eigenvalue weighted by molar-refractivity contribution is 5.97. The third kappa shape index (κ3) is 3.27. The van der Waals surface area contributed by atoms with Gasteiger partial charge >= 0.3 is 5.97 Å². The summed E-state index contributed by atoms with van der Waals surface area (Å²) in [6, 6.07) is 2.38. The number of aliphatic carboxylic acids is 1. The highest BCUT2D eigenvalue weighted by Gasteiger charge is 2.24. The lowest BCUT2D eigenvalue weighted by molar-refractivity contribution is -0.140. The van der Waals surface area contributed by atoms with Crippen molar-refractivity contribution in [3.05, 3.63) is 29.6 Å². The molecule has 17 heavy (non-hydrogen) atoms. The number of carboxylic acid groups (broad SMARTS) is 1. The zero-order valence-electron chi connectivity index (χ0n) is 10.1. The molecular formula is C12H16N2O3. The SMILES string of the molecule is Cc1ncccc1C(=O)N[C@@H](C(=O)O)C(C)C. The van der Waals surface area contributed by atoms with Gasteiger partial charge < -0.3 is 10.4 Å². The molecule has 1 aromatic heterocycles. The standard InChI is InChI=1S/C12H16N2O3/c1-7(2)10(12(16)17)14-11(15)9-5-4-6-13-8(9)3/h4-7,10H,1-3H3,(H,14,15)(H,16,17)/t10-/m1/s1. The molecule has 1 heterocycles. The maximum atomic E-state index is 11.9. The molecule has 0 aliphatic heterocycles. The first kappa shape index (κ1) is 13.2. The van der Waals surface area contributed by atoms with E-state index >= 15 is 0 Å². The van der Waals surface area contributed by atoms with E-state index in [9.17, 15) is 9.59 Å². The highest BCUT2D eigenvalue weighted by Crippen LogP contribution is 2.07. The van der Waals surface area contributed by atoms with Crippen LogP contribution in [0.4, 0.5) is 0 Å². The number of rotatable bonds is 4. The second-order valence-corrected chi connectivity index (χ2v) is 4.17. The van der Waals surface area contributed by atoms with Gasteiger partial charge in [-0.05, 0) is 25.0 Å². The summed E-state index contributed by atoms with van der Waals surface area (Å²) < 4.78 is 0. The van der Waals surface area contributed by atoms with Gasteiger partial charge in [0.2, 0.25) is 0 Å². The van der Waals surface area contributed by atoms with Crippen LogP contribution >= 0.6 is 0 Å². The lowest BCUT2D eigenvalue weighted by atomic mass is 10.0. The van der Waals surface area contributed by atoms with Crippen LogP contribution in [0.15, 0.2) is 18.3 Å². The van der Waals surface area contributed by atoms with Gasteiger partial charge in [0.05, 0.1) is 5.56 Å². The van der Waals surface area contributed by atoms with E-state index in [1.165, 1.54) is 0 Å². The van der Waals surface area contributed by atoms with Crippen molar-refractivity contribution in [1.82, 2.24) is 10.3 Å². The Balaban J connectivity index is 2.85. The number of aryl methyl sites for hydroxylation is 1. The third-order valence-electron chi connectivity index (χ3n) is 2.47. The number of nitrogens with zero attached hydrogens (tertiary/aromatic N) is 1. The van der Waals surface area contributed by atoms with Gasteiger partial charge in [-0.15, -0.1) is 0 Å². The molecule has 0 saturated carbocycles. The predicted molar refractivity (Wildman–Crippen MR) is 62.7 cm³/mol. The topological polar surface area (TPSA) is 79.3 Å². The molecule has 92 valence electrons. The van der Waals surface area contributed by atoms with Gasteiger partial charge in [0.25, 0.3) is 5.91 Å². The van der Waals surface area contributed by atoms with Crippen molar-refractivity contribution < 1.29 is 14.7 Å². The summed E-state index contributed by atoms with van der Waals surface area (Å²) in [7, 11) is 0. The normalized spacial score (nSPS) is 12.2. The van der Waals surface area contributed by atoms with Crippen molar-refractivity contribution in [3.8, 4) is 0 Å². The summed E-state index contributed by atoms with van der Waals surface area (Å²) in [5, 5.41) is 11.5. The van der Waals surface area contributed by atoms with Crippen LogP contribution in [-0.4, -0.2) is 28.0 Å². The summed E-state index contributed by atoms with van der Waals surface area (Å²) in [6.45, 7) is 5.20. The van der Waals surface area contributed by atoms with Crippen molar-refractivity contribution in [2.24, 2.45) is 5.92 Å². The van der Waals surface area contributed by atoms with E-state index in [4.69, 9.17) is 5.11 Å². The van der Waals surface area contributed by atoms with E-state index in [1.807, 2.05) is 0 Å². The minimum Gasteiger partial charge on any atom is -0.480 e. The number of nitrogens with one attached hydrogen (secondary N) is 1. The van der Waals surface area contributed by atoms with E-state index in [-0.39, 0.29) is 5.92 Å². The Morgan fingerprint density at radius 1 is 1.41 bits per heavy atom. The molecule has 0 fully saturated rings. The molecule has 0 bridgehead atoms. The highest BCUT2D eigenvalue weighted by atomic mass is 16.4. The molecule has 1 amide bonds. The molecule has 2 N–H and O–H groups in total. The molecule has 0 aliphatic rings. The van der Waals surface area contributed by atoms with Crippen molar-refractivity contribution >= 4 is 11.9 Å². The molecule has 1 rings (SSSR count). The fourth-order valence-electron chi connectivity index (χ4n) is 1.46. The molecule has 0 spiro atoms. The number of carbonyl (C=O) groups is 2. The van der Waals surface area contributed by atoms with E-state index < -0.39 is 17.9 Å². The lowest BCUT2D eigenvalue weighted by Crippen LogP contribution is -2.44. The predicted octanol–water partition coefficient (Wildman–Crippen LogP) is 1.23. The summed E-state index contributed by atoms with van der Waals surface area (Å²) in [5.41, 5.74) is 0.984. The molecule has 5 nitrogen and oxygen atoms in total. The molecule has 0 radical (unpaired) electrons. The summed E-state index contributed by atoms with van der Waals surface area (Å²) in [5.74, 6) is -1.61. The van der Waals surface area contributed by atoms with Crippen molar-refractivity contribution in [2.45, 2.75) is 26.8 Å². The fraction of sp³-hybridized carbons (Fsp3) is 0.417. The second-order valence-electron chi connectivity index (χ2n) is 4.17. The number of hydrogen-bond acceptors (Lipinski definition) is 3. The Morgan fingerprint density at radius 3 is 2.53 bits per heavy atom. The Kier molecular flexibility index (Phi) is 4.20. The molecule has 5 heteroatoms. The maximum absolute atomic E-state index is 11.9. The molecule has 1 atom stereocenters. The average molecular weight is 236 g/mol. The number of carbonyl (C=O) groups excluding carboxylic acids is 1. The van der Waals surface area contributed by atoms with Gasteiger partial charge in [0, 0.05) is 11.9 Å². The Morgan fingerprint density at radius 2 is 2.06 bits per heavy atom. The zero-order chi connectivity index (χ0) is 13.0. The number of carboxylic acids is 1. The average Bonchev–Trinajstić information content (AvgIpc) is 2.25. The molecule has 0 aliphatic carbocycles. The van der Waals surface area contributed by atoms with Gasteiger partial charge in [-0.1, -0.05) is 13.8 Å². The first-order valence-electron chi connectivity index (χ1n) is 5.38. The van der Waals surface area contributed by atoms with E-state index in [0.29, 0.717) is 11.3 Å². The van der Waals surface area contributed by atoms with Gasteiger partial charge in [-0.3, -0.25) is 9.78 Å². The van der Waals surface area contributed by atoms with Crippen LogP contribution in [-0.2, 0) is 4.79 Å². The Labute approximate surface area is 99.9 Å². The first-order valence-corrected chi connectivity index (χ1v) is 5.38. The van der Waals surface area contributed by atoms with E-state index in [1.54, 1.807) is 39.1 Å². The van der Waals surface area contributed by atoms with Crippen LogP contribution in [0.1, 0.15) is 29.9 Å². The van der Waals surface area contributed by atoms with Crippen molar-refractivity contribution in [2.75, 3.05) is 0 Å². The minimum atomic E-state index is -1.03. The molecule has 0 aromatic carbocycles. The number of pyridine rings is 1. The van der Waals surface area contributed by atoms with Crippen molar-refractivity contribution in [1.29, 1.82) is 0 Å². The summed E-state index contributed by atoms with van der Waals surface area (Å²) >= 11 is 0. The van der Waals surface area contributed by atoms with Gasteiger partial charge in [0.1, 0.15) is 6.04 Å². The van der Waals surface area contributed by atoms with Gasteiger partial charge in [0.15, 0.2) is 0 Å². The molecule has 0 saturated heterocycles. The van der Waals surface area contributed by atoms with Crippen LogP contribution in [0.5, 0.6) is 0 Å². The van der Waals surface area contributed by atoms with E-state index in [0.717, 1.165) is 0 Å². The van der Waals surface area contributed by atoms with Crippen LogP contribution in [0.2, 0.25) is 0 Å². The quantitative estimate of drug-likeness (QED) is 0.824. The summed E-state index contributed by atoms with van der Waals surface area (Å²) in [4.78, 5) is 26.8. The largest absolute Gasteiger partial charge is 0.480 e. The van der Waals surface area contributed by atoms with Crippen LogP contribution in [0.25, 0.3) is 0 Å². The monoisotopic (exact) mass is 236 g/mol. The molecule has 1 aromatic rings. The van der Waals surface area contributed by atoms with Crippen LogP contribution in [0.3, 0.4) is 0 Å². The minimum absolute atomic E-state index is 0.173. The second kappa shape index (κ2) is 5.43. The Bertz CT molecular complexity index is 430. The lowest BCUT2D eigenvalue weighted by Gasteiger charge is -2.18. The number of aromatic nitrogens is 1.